The number of nitrogens with zero attached hydrogens (tertiary/aromatic N) is 2. The zero-order valence-electron chi connectivity index (χ0n) is 23.5. The number of nitrogens with one attached hydrogen (secondary N) is 1. The number of rotatable bonds is 10. The molecule has 44 heavy (non-hydrogen) atoms. The lowest BCUT2D eigenvalue weighted by Crippen LogP contribution is -2.57. The highest BCUT2D eigenvalue weighted by Gasteiger charge is 2.68. The second-order valence-electron chi connectivity index (χ2n) is 11.0. The van der Waals surface area contributed by atoms with E-state index in [1.807, 2.05) is 72.8 Å². The predicted molar refractivity (Wildman–Crippen MR) is 161 cm³/mol. The molecule has 2 heterocycles. The van der Waals surface area contributed by atoms with Crippen molar-refractivity contribution >= 4 is 23.5 Å². The number of likely N-dealkylation sites (tertiary alicyclic amines) is 1. The van der Waals surface area contributed by atoms with E-state index in [-0.39, 0.29) is 25.3 Å². The van der Waals surface area contributed by atoms with Gasteiger partial charge in [-0.15, -0.1) is 0 Å². The van der Waals surface area contributed by atoms with Crippen LogP contribution in [0.4, 0.5) is 5.69 Å². The maximum Gasteiger partial charge on any atom is 0.325 e. The highest BCUT2D eigenvalue weighted by Crippen LogP contribution is 2.50. The van der Waals surface area contributed by atoms with E-state index in [2.05, 4.69) is 5.32 Å². The first kappa shape index (κ1) is 28.8. The van der Waals surface area contributed by atoms with Gasteiger partial charge in [-0.1, -0.05) is 84.9 Å². The molecule has 4 aromatic rings. The number of carboxylic acids is 1. The lowest BCUT2D eigenvalue weighted by Gasteiger charge is -2.31. The number of imide groups is 1. The number of nitro groups is 1. The van der Waals surface area contributed by atoms with E-state index in [1.54, 1.807) is 12.1 Å². The lowest BCUT2D eigenvalue weighted by atomic mass is 9.76. The van der Waals surface area contributed by atoms with Crippen LogP contribution < -0.4 is 10.1 Å². The first-order valence-electron chi connectivity index (χ1n) is 14.2. The van der Waals surface area contributed by atoms with Crippen molar-refractivity contribution in [3.05, 3.63) is 130 Å². The largest absolute Gasteiger partial charge is 0.492 e. The Kier molecular flexibility index (Phi) is 7.67. The molecule has 0 aromatic heterocycles. The highest BCUT2D eigenvalue weighted by atomic mass is 16.6. The van der Waals surface area contributed by atoms with Gasteiger partial charge in [0.05, 0.1) is 23.3 Å². The van der Waals surface area contributed by atoms with Gasteiger partial charge in [-0.05, 0) is 34.4 Å². The molecule has 0 radical (unpaired) electrons. The van der Waals surface area contributed by atoms with Crippen LogP contribution in [0.2, 0.25) is 0 Å². The maximum atomic E-state index is 14.0. The number of aliphatic carboxylic acids is 1. The number of hydrogen-bond donors (Lipinski definition) is 2. The van der Waals surface area contributed by atoms with Gasteiger partial charge < -0.3 is 9.84 Å². The highest BCUT2D eigenvalue weighted by molar-refractivity contribution is 6.09. The van der Waals surface area contributed by atoms with Crippen LogP contribution in [0.15, 0.2) is 109 Å². The smallest absolute Gasteiger partial charge is 0.325 e. The second-order valence-corrected chi connectivity index (χ2v) is 11.0. The fourth-order valence-corrected chi connectivity index (χ4v) is 6.35. The normalized spacial score (nSPS) is 22.5. The Morgan fingerprint density at radius 2 is 1.48 bits per heavy atom. The average Bonchev–Trinajstić information content (AvgIpc) is 3.52. The van der Waals surface area contributed by atoms with Crippen LogP contribution in [0, 0.1) is 22.0 Å². The van der Waals surface area contributed by atoms with Crippen LogP contribution in [-0.4, -0.2) is 51.4 Å². The van der Waals surface area contributed by atoms with Gasteiger partial charge in [0.15, 0.2) is 0 Å². The molecule has 4 aromatic carbocycles. The van der Waals surface area contributed by atoms with Crippen LogP contribution in [0.5, 0.6) is 5.75 Å². The molecule has 4 unspecified atom stereocenters. The monoisotopic (exact) mass is 591 g/mol. The van der Waals surface area contributed by atoms with Gasteiger partial charge in [0.1, 0.15) is 17.9 Å². The Hall–Kier alpha value is -5.35. The van der Waals surface area contributed by atoms with Crippen LogP contribution in [0.3, 0.4) is 0 Å². The molecule has 2 aliphatic rings. The second kappa shape index (κ2) is 11.7. The summed E-state index contributed by atoms with van der Waals surface area (Å²) in [6, 6.07) is 31.0. The summed E-state index contributed by atoms with van der Waals surface area (Å²) in [6.45, 7) is 0.0136. The number of nitro benzene ring substituents is 1. The van der Waals surface area contributed by atoms with Crippen molar-refractivity contribution in [3.63, 3.8) is 0 Å². The Balaban J connectivity index is 1.35. The molecule has 222 valence electrons. The molecule has 10 nitrogen and oxygen atoms in total. The van der Waals surface area contributed by atoms with Crippen LogP contribution in [0.25, 0.3) is 11.1 Å². The van der Waals surface area contributed by atoms with E-state index in [0.717, 1.165) is 16.0 Å². The minimum absolute atomic E-state index is 0.0353. The number of carbonyl (C=O) groups excluding carboxylic acids is 2. The molecule has 4 atom stereocenters. The number of benzene rings is 4. The van der Waals surface area contributed by atoms with Gasteiger partial charge in [0.25, 0.3) is 5.69 Å². The summed E-state index contributed by atoms with van der Waals surface area (Å²) in [5.74, 6) is -3.93. The van der Waals surface area contributed by atoms with Crippen LogP contribution >= 0.6 is 0 Å². The third kappa shape index (κ3) is 5.20. The molecule has 6 rings (SSSR count). The van der Waals surface area contributed by atoms with E-state index in [4.69, 9.17) is 4.74 Å². The Labute approximate surface area is 253 Å². The molecule has 0 saturated carbocycles. The molecule has 10 heteroatoms. The molecule has 0 aliphatic carbocycles. The van der Waals surface area contributed by atoms with Crippen molar-refractivity contribution in [1.82, 2.24) is 10.2 Å². The quantitative estimate of drug-likeness (QED) is 0.154. The summed E-state index contributed by atoms with van der Waals surface area (Å²) in [7, 11) is 0. The summed E-state index contributed by atoms with van der Waals surface area (Å²) in [5.41, 5.74) is 1.14. The SMILES string of the molecule is O=C1C2C(c3ccc(-c4ccccc4)cc3)NC(Cc3ccc([N+](=O)[O-])cc3)(C(=O)O)C2C(=O)N1CCOc1ccccc1. The van der Waals surface area contributed by atoms with Gasteiger partial charge in [0.2, 0.25) is 11.8 Å². The van der Waals surface area contributed by atoms with E-state index in [0.29, 0.717) is 16.9 Å². The molecule has 0 bridgehead atoms. The summed E-state index contributed by atoms with van der Waals surface area (Å²) in [4.78, 5) is 52.8. The van der Waals surface area contributed by atoms with Gasteiger partial charge >= 0.3 is 5.97 Å². The third-order valence-electron chi connectivity index (χ3n) is 8.46. The summed E-state index contributed by atoms with van der Waals surface area (Å²) in [5, 5.41) is 25.1. The molecule has 0 spiro atoms. The van der Waals surface area contributed by atoms with E-state index in [1.165, 1.54) is 24.3 Å². The fraction of sp³-hybridized carbons (Fsp3) is 0.206. The van der Waals surface area contributed by atoms with Crippen molar-refractivity contribution < 1.29 is 29.2 Å². The average molecular weight is 592 g/mol. The summed E-state index contributed by atoms with van der Waals surface area (Å²) in [6.07, 6.45) is -0.159. The van der Waals surface area contributed by atoms with E-state index >= 15 is 0 Å². The van der Waals surface area contributed by atoms with Crippen LogP contribution in [0.1, 0.15) is 17.2 Å². The number of fused-ring (bicyclic) bond motifs is 1. The minimum Gasteiger partial charge on any atom is -0.492 e. The predicted octanol–water partition coefficient (Wildman–Crippen LogP) is 4.65. The van der Waals surface area contributed by atoms with Crippen LogP contribution in [-0.2, 0) is 20.8 Å². The summed E-state index contributed by atoms with van der Waals surface area (Å²) < 4.78 is 5.75. The molecule has 2 amide bonds. The number of carbonyl (C=O) groups is 3. The van der Waals surface area contributed by atoms with E-state index < -0.39 is 46.1 Å². The summed E-state index contributed by atoms with van der Waals surface area (Å²) >= 11 is 0. The first-order chi connectivity index (χ1) is 21.3. The Morgan fingerprint density at radius 1 is 0.864 bits per heavy atom. The number of para-hydroxylation sites is 1. The first-order valence-corrected chi connectivity index (χ1v) is 14.2. The zero-order chi connectivity index (χ0) is 30.8. The molecular formula is C34H29N3O7. The minimum atomic E-state index is -1.84. The maximum absolute atomic E-state index is 14.0. The number of carboxylic acid groups (broad SMARTS) is 1. The van der Waals surface area contributed by atoms with Crippen molar-refractivity contribution in [3.8, 4) is 16.9 Å². The topological polar surface area (TPSA) is 139 Å². The van der Waals surface area contributed by atoms with E-state index in [9.17, 15) is 29.6 Å². The molecule has 2 aliphatic heterocycles. The fourth-order valence-electron chi connectivity index (χ4n) is 6.35. The molecule has 2 saturated heterocycles. The zero-order valence-corrected chi connectivity index (χ0v) is 23.5. The number of ether oxygens (including phenoxy) is 1. The van der Waals surface area contributed by atoms with Crippen molar-refractivity contribution in [1.29, 1.82) is 0 Å². The van der Waals surface area contributed by atoms with Gasteiger partial charge in [0, 0.05) is 24.6 Å². The number of hydrogen-bond acceptors (Lipinski definition) is 7. The number of non-ortho nitro benzene ring substituents is 1. The molecule has 2 N–H and O–H groups in total. The van der Waals surface area contributed by atoms with Crippen molar-refractivity contribution in [2.75, 3.05) is 13.2 Å². The standard InChI is InChI=1S/C34H29N3O7/c38-31-28-29(32(39)36(31)19-20-44-27-9-5-2-6-10-27)34(33(40)41,21-22-11-17-26(18-12-22)37(42)43)35-30(28)25-15-13-24(14-16-25)23-7-3-1-4-8-23/h1-18,28-30,35H,19-21H2,(H,40,41). The van der Waals surface area contributed by atoms with Gasteiger partial charge in [-0.2, -0.15) is 0 Å². The lowest BCUT2D eigenvalue weighted by molar-refractivity contribution is -0.384. The third-order valence-corrected chi connectivity index (χ3v) is 8.46. The molecular weight excluding hydrogens is 562 g/mol. The number of amides is 2. The van der Waals surface area contributed by atoms with Crippen molar-refractivity contribution in [2.45, 2.75) is 18.0 Å². The Bertz CT molecular complexity index is 1690. The van der Waals surface area contributed by atoms with Gasteiger partial charge in [-0.3, -0.25) is 34.7 Å². The van der Waals surface area contributed by atoms with Gasteiger partial charge in [-0.25, -0.2) is 0 Å². The Morgan fingerprint density at radius 3 is 2.09 bits per heavy atom. The van der Waals surface area contributed by atoms with Crippen molar-refractivity contribution in [2.24, 2.45) is 11.8 Å². The molecule has 2 fully saturated rings.